The van der Waals surface area contributed by atoms with Gasteiger partial charge in [0.25, 0.3) is 0 Å². The van der Waals surface area contributed by atoms with Crippen LogP contribution in [0.1, 0.15) is 11.1 Å². The zero-order valence-corrected chi connectivity index (χ0v) is 11.5. The molecule has 2 aromatic rings. The van der Waals surface area contributed by atoms with Crippen molar-refractivity contribution < 1.29 is 4.74 Å². The van der Waals surface area contributed by atoms with Crippen LogP contribution in [0.3, 0.4) is 0 Å². The van der Waals surface area contributed by atoms with Crippen molar-refractivity contribution in [3.63, 3.8) is 0 Å². The van der Waals surface area contributed by atoms with Gasteiger partial charge in [0.2, 0.25) is 0 Å². The van der Waals surface area contributed by atoms with Gasteiger partial charge in [-0.2, -0.15) is 0 Å². The lowest BCUT2D eigenvalue weighted by Crippen LogP contribution is -1.94. The highest BCUT2D eigenvalue weighted by Gasteiger charge is 1.97. The molecule has 0 N–H and O–H groups in total. The van der Waals surface area contributed by atoms with E-state index in [1.54, 1.807) is 0 Å². The first kappa shape index (κ1) is 12.6. The minimum Gasteiger partial charge on any atom is -0.372 e. The average Bonchev–Trinajstić information content (AvgIpc) is 2.29. The number of ether oxygens (including phenoxy) is 1. The van der Waals surface area contributed by atoms with Gasteiger partial charge in [-0.05, 0) is 35.4 Å². The Morgan fingerprint density at radius 2 is 1.59 bits per heavy atom. The van der Waals surface area contributed by atoms with Gasteiger partial charge in [-0.25, -0.2) is 0 Å². The first-order valence-corrected chi connectivity index (χ1v) is 6.48. The molecule has 3 heteroatoms. The zero-order valence-electron chi connectivity index (χ0n) is 9.20. The Kier molecular flexibility index (Phi) is 4.60. The second kappa shape index (κ2) is 6.20. The number of rotatable bonds is 4. The van der Waals surface area contributed by atoms with Crippen LogP contribution < -0.4 is 0 Å². The Labute approximate surface area is 115 Å². The highest BCUT2D eigenvalue weighted by atomic mass is 79.9. The third kappa shape index (κ3) is 4.15. The molecule has 0 fully saturated rings. The van der Waals surface area contributed by atoms with Crippen LogP contribution in [0, 0.1) is 0 Å². The Bertz CT molecular complexity index is 454. The molecule has 1 nitrogen and oxygen atoms in total. The van der Waals surface area contributed by atoms with E-state index in [9.17, 15) is 0 Å². The Morgan fingerprint density at radius 1 is 0.941 bits per heavy atom. The van der Waals surface area contributed by atoms with Crippen molar-refractivity contribution in [2.24, 2.45) is 0 Å². The molecule has 0 saturated heterocycles. The van der Waals surface area contributed by atoms with E-state index in [1.807, 2.05) is 42.5 Å². The van der Waals surface area contributed by atoms with Gasteiger partial charge >= 0.3 is 0 Å². The normalized spacial score (nSPS) is 10.5. The zero-order chi connectivity index (χ0) is 12.1. The average molecular weight is 312 g/mol. The molecule has 0 atom stereocenters. The second-order valence-corrected chi connectivity index (χ2v) is 5.10. The van der Waals surface area contributed by atoms with Crippen LogP contribution in [0.5, 0.6) is 0 Å². The van der Waals surface area contributed by atoms with Crippen molar-refractivity contribution in [3.8, 4) is 0 Å². The minimum atomic E-state index is 0.576. The van der Waals surface area contributed by atoms with E-state index in [0.29, 0.717) is 13.2 Å². The van der Waals surface area contributed by atoms with E-state index < -0.39 is 0 Å². The molecular weight excluding hydrogens is 300 g/mol. The van der Waals surface area contributed by atoms with Crippen LogP contribution in [0.2, 0.25) is 5.02 Å². The monoisotopic (exact) mass is 310 g/mol. The summed E-state index contributed by atoms with van der Waals surface area (Å²) in [5.74, 6) is 0. The topological polar surface area (TPSA) is 9.23 Å². The Balaban J connectivity index is 1.87. The van der Waals surface area contributed by atoms with E-state index in [2.05, 4.69) is 22.0 Å². The van der Waals surface area contributed by atoms with Gasteiger partial charge in [0.15, 0.2) is 0 Å². The molecule has 0 aliphatic carbocycles. The molecule has 0 aliphatic rings. The standard InChI is InChI=1S/C14H12BrClO/c15-13-5-1-3-11(7-13)9-17-10-12-4-2-6-14(16)8-12/h1-8H,9-10H2. The summed E-state index contributed by atoms with van der Waals surface area (Å²) in [5.41, 5.74) is 2.24. The van der Waals surface area contributed by atoms with E-state index in [1.165, 1.54) is 0 Å². The fourth-order valence-corrected chi connectivity index (χ4v) is 2.20. The molecule has 0 radical (unpaired) electrons. The fourth-order valence-electron chi connectivity index (χ4n) is 1.54. The molecular formula is C14H12BrClO. The summed E-state index contributed by atoms with van der Waals surface area (Å²) in [5, 5.41) is 0.744. The quantitative estimate of drug-likeness (QED) is 0.786. The van der Waals surface area contributed by atoms with Crippen molar-refractivity contribution in [2.45, 2.75) is 13.2 Å². The molecule has 0 heterocycles. The predicted octanol–water partition coefficient (Wildman–Crippen LogP) is 4.82. The fraction of sp³-hybridized carbons (Fsp3) is 0.143. The smallest absolute Gasteiger partial charge is 0.0721 e. The lowest BCUT2D eigenvalue weighted by Gasteiger charge is -2.05. The van der Waals surface area contributed by atoms with Crippen molar-refractivity contribution in [2.75, 3.05) is 0 Å². The number of hydrogen-bond donors (Lipinski definition) is 0. The van der Waals surface area contributed by atoms with Crippen LogP contribution in [-0.4, -0.2) is 0 Å². The predicted molar refractivity (Wildman–Crippen MR) is 74.1 cm³/mol. The number of benzene rings is 2. The van der Waals surface area contributed by atoms with E-state index >= 15 is 0 Å². The van der Waals surface area contributed by atoms with Gasteiger partial charge in [0.1, 0.15) is 0 Å². The lowest BCUT2D eigenvalue weighted by atomic mass is 10.2. The van der Waals surface area contributed by atoms with Gasteiger partial charge in [-0.1, -0.05) is 51.8 Å². The van der Waals surface area contributed by atoms with Crippen molar-refractivity contribution in [1.29, 1.82) is 0 Å². The molecule has 0 saturated carbocycles. The molecule has 2 aromatic carbocycles. The van der Waals surface area contributed by atoms with Gasteiger partial charge in [0.05, 0.1) is 13.2 Å². The van der Waals surface area contributed by atoms with E-state index in [-0.39, 0.29) is 0 Å². The van der Waals surface area contributed by atoms with Gasteiger partial charge in [0, 0.05) is 9.50 Å². The van der Waals surface area contributed by atoms with Gasteiger partial charge in [-0.3, -0.25) is 0 Å². The van der Waals surface area contributed by atoms with E-state index in [0.717, 1.165) is 20.6 Å². The maximum atomic E-state index is 5.90. The van der Waals surface area contributed by atoms with Gasteiger partial charge in [-0.15, -0.1) is 0 Å². The van der Waals surface area contributed by atoms with Crippen LogP contribution in [-0.2, 0) is 18.0 Å². The Morgan fingerprint density at radius 3 is 2.24 bits per heavy atom. The lowest BCUT2D eigenvalue weighted by molar-refractivity contribution is 0.107. The molecule has 0 aliphatic heterocycles. The van der Waals surface area contributed by atoms with Crippen LogP contribution in [0.15, 0.2) is 53.0 Å². The van der Waals surface area contributed by atoms with Crippen LogP contribution >= 0.6 is 27.5 Å². The first-order chi connectivity index (χ1) is 8.24. The SMILES string of the molecule is Clc1cccc(COCc2cccc(Br)c2)c1. The van der Waals surface area contributed by atoms with Crippen molar-refractivity contribution in [1.82, 2.24) is 0 Å². The first-order valence-electron chi connectivity index (χ1n) is 5.31. The van der Waals surface area contributed by atoms with Gasteiger partial charge < -0.3 is 4.74 Å². The van der Waals surface area contributed by atoms with Crippen molar-refractivity contribution in [3.05, 3.63) is 69.2 Å². The van der Waals surface area contributed by atoms with Crippen LogP contribution in [0.25, 0.3) is 0 Å². The summed E-state index contributed by atoms with van der Waals surface area (Å²) in [6, 6.07) is 15.8. The summed E-state index contributed by atoms with van der Waals surface area (Å²) in [6.45, 7) is 1.18. The summed E-state index contributed by atoms with van der Waals surface area (Å²) in [6.07, 6.45) is 0. The Hall–Kier alpha value is -0.830. The van der Waals surface area contributed by atoms with E-state index in [4.69, 9.17) is 16.3 Å². The minimum absolute atomic E-state index is 0.576. The summed E-state index contributed by atoms with van der Waals surface area (Å²) < 4.78 is 6.71. The molecule has 17 heavy (non-hydrogen) atoms. The number of hydrogen-bond acceptors (Lipinski definition) is 1. The molecule has 2 rings (SSSR count). The largest absolute Gasteiger partial charge is 0.372 e. The molecule has 0 spiro atoms. The maximum absolute atomic E-state index is 5.90. The van der Waals surface area contributed by atoms with Crippen LogP contribution in [0.4, 0.5) is 0 Å². The molecule has 0 amide bonds. The highest BCUT2D eigenvalue weighted by molar-refractivity contribution is 9.10. The molecule has 88 valence electrons. The number of halogens is 2. The summed E-state index contributed by atoms with van der Waals surface area (Å²) >= 11 is 9.34. The molecule has 0 unspecified atom stereocenters. The maximum Gasteiger partial charge on any atom is 0.0721 e. The van der Waals surface area contributed by atoms with Crippen molar-refractivity contribution >= 4 is 27.5 Å². The summed E-state index contributed by atoms with van der Waals surface area (Å²) in [7, 11) is 0. The second-order valence-electron chi connectivity index (χ2n) is 3.75. The molecule has 0 aromatic heterocycles. The third-order valence-corrected chi connectivity index (χ3v) is 3.04. The summed E-state index contributed by atoms with van der Waals surface area (Å²) in [4.78, 5) is 0. The highest BCUT2D eigenvalue weighted by Crippen LogP contribution is 2.14. The third-order valence-electron chi connectivity index (χ3n) is 2.32. The molecule has 0 bridgehead atoms.